The number of carbonyl (C=O) groups excluding carboxylic acids is 1. The molecule has 98 valence electrons. The van der Waals surface area contributed by atoms with Crippen molar-refractivity contribution in [3.05, 3.63) is 23.8 Å². The van der Waals surface area contributed by atoms with Crippen LogP contribution in [0.3, 0.4) is 0 Å². The second-order valence-corrected chi connectivity index (χ2v) is 4.52. The average Bonchev–Trinajstić information content (AvgIpc) is 2.26. The predicted molar refractivity (Wildman–Crippen MR) is 67.8 cm³/mol. The van der Waals surface area contributed by atoms with E-state index in [9.17, 15) is 14.7 Å². The zero-order chi connectivity index (χ0) is 13.7. The summed E-state index contributed by atoms with van der Waals surface area (Å²) in [5.41, 5.74) is 0.210. The van der Waals surface area contributed by atoms with Crippen molar-refractivity contribution in [2.75, 3.05) is 5.32 Å². The van der Waals surface area contributed by atoms with Gasteiger partial charge >= 0.3 is 5.97 Å². The van der Waals surface area contributed by atoms with Crippen LogP contribution in [0.1, 0.15) is 37.0 Å². The summed E-state index contributed by atoms with van der Waals surface area (Å²) in [4.78, 5) is 22.2. The van der Waals surface area contributed by atoms with E-state index < -0.39 is 5.97 Å². The molecule has 0 heterocycles. The number of nitrogens with one attached hydrogen (secondary N) is 1. The van der Waals surface area contributed by atoms with E-state index in [1.807, 2.05) is 13.8 Å². The number of aromatic hydroxyl groups is 1. The smallest absolute Gasteiger partial charge is 0.339 e. The number of benzene rings is 1. The Morgan fingerprint density at radius 1 is 1.33 bits per heavy atom. The topological polar surface area (TPSA) is 86.6 Å². The van der Waals surface area contributed by atoms with E-state index >= 15 is 0 Å². The minimum atomic E-state index is -1.20. The second-order valence-electron chi connectivity index (χ2n) is 4.52. The number of carboxylic acid groups (broad SMARTS) is 1. The summed E-state index contributed by atoms with van der Waals surface area (Å²) in [5.74, 6) is -1.26. The van der Waals surface area contributed by atoms with Crippen molar-refractivity contribution in [2.24, 2.45) is 5.92 Å². The molecule has 0 atom stereocenters. The van der Waals surface area contributed by atoms with E-state index in [2.05, 4.69) is 5.32 Å². The summed E-state index contributed by atoms with van der Waals surface area (Å²) >= 11 is 0. The average molecular weight is 251 g/mol. The molecule has 0 unspecified atom stereocenters. The monoisotopic (exact) mass is 251 g/mol. The van der Waals surface area contributed by atoms with Crippen LogP contribution in [0.4, 0.5) is 5.69 Å². The van der Waals surface area contributed by atoms with Crippen LogP contribution < -0.4 is 5.32 Å². The lowest BCUT2D eigenvalue weighted by molar-refractivity contribution is -0.116. The standard InChI is InChI=1S/C13H17NO4/c1-8(2)3-6-12(16)14-9-4-5-10(13(17)18)11(15)7-9/h4-5,7-8,15H,3,6H2,1-2H3,(H,14,16)(H,17,18). The third-order valence-corrected chi connectivity index (χ3v) is 2.46. The Balaban J connectivity index is 2.66. The minimum Gasteiger partial charge on any atom is -0.507 e. The molecule has 1 aromatic rings. The molecule has 0 aliphatic heterocycles. The fourth-order valence-corrected chi connectivity index (χ4v) is 1.43. The molecule has 0 aliphatic rings. The quantitative estimate of drug-likeness (QED) is 0.750. The highest BCUT2D eigenvalue weighted by atomic mass is 16.4. The lowest BCUT2D eigenvalue weighted by Gasteiger charge is -2.08. The van der Waals surface area contributed by atoms with E-state index in [1.165, 1.54) is 18.2 Å². The van der Waals surface area contributed by atoms with Crippen molar-refractivity contribution < 1.29 is 19.8 Å². The molecule has 0 fully saturated rings. The van der Waals surface area contributed by atoms with Crippen LogP contribution in [-0.2, 0) is 4.79 Å². The predicted octanol–water partition coefficient (Wildman–Crippen LogP) is 2.47. The molecule has 0 spiro atoms. The van der Waals surface area contributed by atoms with Crippen molar-refractivity contribution in [3.8, 4) is 5.75 Å². The summed E-state index contributed by atoms with van der Waals surface area (Å²) in [5, 5.41) is 20.8. The van der Waals surface area contributed by atoms with Gasteiger partial charge in [-0.05, 0) is 24.5 Å². The van der Waals surface area contributed by atoms with Crippen LogP contribution in [0, 0.1) is 5.92 Å². The van der Waals surface area contributed by atoms with Gasteiger partial charge in [0.2, 0.25) is 5.91 Å². The molecule has 5 nitrogen and oxygen atoms in total. The fourth-order valence-electron chi connectivity index (χ4n) is 1.43. The first-order valence-electron chi connectivity index (χ1n) is 5.76. The van der Waals surface area contributed by atoms with Gasteiger partial charge in [0.05, 0.1) is 0 Å². The van der Waals surface area contributed by atoms with Crippen LogP contribution >= 0.6 is 0 Å². The molecule has 1 amide bonds. The van der Waals surface area contributed by atoms with Gasteiger partial charge in [0, 0.05) is 18.2 Å². The molecule has 1 rings (SSSR count). The second kappa shape index (κ2) is 6.05. The summed E-state index contributed by atoms with van der Waals surface area (Å²) in [7, 11) is 0. The van der Waals surface area contributed by atoms with Crippen molar-refractivity contribution in [1.82, 2.24) is 0 Å². The zero-order valence-electron chi connectivity index (χ0n) is 10.4. The van der Waals surface area contributed by atoms with Gasteiger partial charge in [-0.3, -0.25) is 4.79 Å². The molecule has 0 saturated heterocycles. The number of phenols is 1. The Morgan fingerprint density at radius 2 is 2.00 bits per heavy atom. The van der Waals surface area contributed by atoms with Crippen LogP contribution in [0.25, 0.3) is 0 Å². The molecule has 0 radical (unpaired) electrons. The number of carbonyl (C=O) groups is 2. The van der Waals surface area contributed by atoms with E-state index in [1.54, 1.807) is 0 Å². The molecule has 5 heteroatoms. The maximum absolute atomic E-state index is 11.5. The SMILES string of the molecule is CC(C)CCC(=O)Nc1ccc(C(=O)O)c(O)c1. The maximum atomic E-state index is 11.5. The van der Waals surface area contributed by atoms with E-state index in [-0.39, 0.29) is 17.2 Å². The van der Waals surface area contributed by atoms with E-state index in [4.69, 9.17) is 5.11 Å². The van der Waals surface area contributed by atoms with Crippen LogP contribution in [0.5, 0.6) is 5.75 Å². The number of hydrogen-bond acceptors (Lipinski definition) is 3. The van der Waals surface area contributed by atoms with Gasteiger partial charge in [-0.15, -0.1) is 0 Å². The number of rotatable bonds is 5. The van der Waals surface area contributed by atoms with E-state index in [0.717, 1.165) is 6.42 Å². The molecule has 3 N–H and O–H groups in total. The van der Waals surface area contributed by atoms with E-state index in [0.29, 0.717) is 18.0 Å². The third kappa shape index (κ3) is 4.08. The largest absolute Gasteiger partial charge is 0.507 e. The molecule has 1 aromatic carbocycles. The highest BCUT2D eigenvalue weighted by Gasteiger charge is 2.11. The van der Waals surface area contributed by atoms with Gasteiger partial charge in [0.15, 0.2) is 0 Å². The molecule has 0 aliphatic carbocycles. The van der Waals surface area contributed by atoms with Gasteiger partial charge in [0.25, 0.3) is 0 Å². The van der Waals surface area contributed by atoms with Crippen LogP contribution in [0.15, 0.2) is 18.2 Å². The molecule has 18 heavy (non-hydrogen) atoms. The van der Waals surface area contributed by atoms with Crippen LogP contribution in [0.2, 0.25) is 0 Å². The zero-order valence-corrected chi connectivity index (χ0v) is 10.4. The molecular weight excluding hydrogens is 234 g/mol. The number of anilines is 1. The molecular formula is C13H17NO4. The third-order valence-electron chi connectivity index (χ3n) is 2.46. The Labute approximate surface area is 105 Å². The first-order valence-corrected chi connectivity index (χ1v) is 5.76. The van der Waals surface area contributed by atoms with Crippen molar-refractivity contribution in [3.63, 3.8) is 0 Å². The summed E-state index contributed by atoms with van der Waals surface area (Å²) in [6.45, 7) is 4.06. The van der Waals surface area contributed by atoms with Gasteiger partial charge in [-0.1, -0.05) is 13.8 Å². The molecule has 0 saturated carbocycles. The number of hydrogen-bond donors (Lipinski definition) is 3. The first-order chi connectivity index (χ1) is 8.40. The Bertz CT molecular complexity index is 454. The summed E-state index contributed by atoms with van der Waals surface area (Å²) in [6, 6.07) is 3.95. The normalized spacial score (nSPS) is 10.4. The number of carboxylic acids is 1. The minimum absolute atomic E-state index is 0.147. The summed E-state index contributed by atoms with van der Waals surface area (Å²) < 4.78 is 0. The molecule has 0 aromatic heterocycles. The molecule has 0 bridgehead atoms. The fraction of sp³-hybridized carbons (Fsp3) is 0.385. The van der Waals surface area contributed by atoms with Gasteiger partial charge < -0.3 is 15.5 Å². The first kappa shape index (κ1) is 14.0. The van der Waals surface area contributed by atoms with Crippen molar-refractivity contribution in [2.45, 2.75) is 26.7 Å². The summed E-state index contributed by atoms with van der Waals surface area (Å²) in [6.07, 6.45) is 1.18. The Hall–Kier alpha value is -2.04. The van der Waals surface area contributed by atoms with Gasteiger partial charge in [-0.2, -0.15) is 0 Å². The van der Waals surface area contributed by atoms with Crippen molar-refractivity contribution in [1.29, 1.82) is 0 Å². The van der Waals surface area contributed by atoms with Gasteiger partial charge in [0.1, 0.15) is 11.3 Å². The highest BCUT2D eigenvalue weighted by Crippen LogP contribution is 2.22. The number of amides is 1. The number of aromatic carboxylic acids is 1. The lowest BCUT2D eigenvalue weighted by atomic mass is 10.1. The van der Waals surface area contributed by atoms with Crippen molar-refractivity contribution >= 4 is 17.6 Å². The maximum Gasteiger partial charge on any atom is 0.339 e. The Morgan fingerprint density at radius 3 is 2.50 bits per heavy atom. The van der Waals surface area contributed by atoms with Gasteiger partial charge in [-0.25, -0.2) is 4.79 Å². The van der Waals surface area contributed by atoms with Crippen LogP contribution in [-0.4, -0.2) is 22.1 Å². The Kier molecular flexibility index (Phi) is 4.71. The lowest BCUT2D eigenvalue weighted by Crippen LogP contribution is -2.12. The highest BCUT2D eigenvalue weighted by molar-refractivity contribution is 5.94.